The Morgan fingerprint density at radius 3 is 2.52 bits per heavy atom. The number of likely N-dealkylation sites (tertiary alicyclic amines) is 1. The molecule has 0 atom stereocenters. The molecular weight excluding hydrogens is 438 g/mol. The topological polar surface area (TPSA) is 87.5 Å². The van der Waals surface area contributed by atoms with Crippen LogP contribution in [0, 0.1) is 0 Å². The number of sulfonamides is 1. The minimum absolute atomic E-state index is 0.0638. The first-order chi connectivity index (χ1) is 15.8. The molecule has 33 heavy (non-hydrogen) atoms. The van der Waals surface area contributed by atoms with E-state index in [1.807, 2.05) is 6.07 Å². The van der Waals surface area contributed by atoms with Crippen molar-refractivity contribution < 1.29 is 13.2 Å². The van der Waals surface area contributed by atoms with Gasteiger partial charge in [0.1, 0.15) is 5.82 Å². The van der Waals surface area contributed by atoms with E-state index >= 15 is 0 Å². The SMILES string of the molecule is CCCCn1c(CCC(=O)NC2CCN(CCC)CC2)nc2cc(S(=O)(=O)N(C)C)ccc21. The summed E-state index contributed by atoms with van der Waals surface area (Å²) in [4.78, 5) is 20.1. The molecule has 1 aromatic heterocycles. The van der Waals surface area contributed by atoms with Crippen molar-refractivity contribution in [2.45, 2.75) is 76.3 Å². The van der Waals surface area contributed by atoms with Crippen molar-refractivity contribution in [1.29, 1.82) is 0 Å². The first-order valence-electron chi connectivity index (χ1n) is 12.2. The zero-order valence-corrected chi connectivity index (χ0v) is 21.3. The number of piperidine rings is 1. The van der Waals surface area contributed by atoms with Crippen LogP contribution in [0.15, 0.2) is 23.1 Å². The lowest BCUT2D eigenvalue weighted by Crippen LogP contribution is -2.44. The second kappa shape index (κ2) is 11.4. The van der Waals surface area contributed by atoms with Crippen molar-refractivity contribution in [2.75, 3.05) is 33.7 Å². The molecule has 8 nitrogen and oxygen atoms in total. The van der Waals surface area contributed by atoms with Crippen LogP contribution in [-0.2, 0) is 27.8 Å². The highest BCUT2D eigenvalue weighted by Gasteiger charge is 2.22. The van der Waals surface area contributed by atoms with Crippen LogP contribution < -0.4 is 5.32 Å². The van der Waals surface area contributed by atoms with E-state index in [0.717, 1.165) is 63.2 Å². The maximum absolute atomic E-state index is 12.6. The van der Waals surface area contributed by atoms with Crippen molar-refractivity contribution >= 4 is 27.0 Å². The molecule has 0 aliphatic carbocycles. The predicted octanol–water partition coefficient (Wildman–Crippen LogP) is 3.01. The van der Waals surface area contributed by atoms with Crippen LogP contribution in [-0.4, -0.2) is 72.9 Å². The fraction of sp³-hybridized carbons (Fsp3) is 0.667. The Kier molecular flexibility index (Phi) is 8.89. The van der Waals surface area contributed by atoms with E-state index in [2.05, 4.69) is 28.6 Å². The fourth-order valence-electron chi connectivity index (χ4n) is 4.43. The summed E-state index contributed by atoms with van der Waals surface area (Å²) in [6.07, 6.45) is 6.14. The minimum Gasteiger partial charge on any atom is -0.353 e. The largest absolute Gasteiger partial charge is 0.353 e. The number of nitrogens with one attached hydrogen (secondary N) is 1. The van der Waals surface area contributed by atoms with Crippen molar-refractivity contribution in [3.05, 3.63) is 24.0 Å². The molecule has 3 rings (SSSR count). The first kappa shape index (κ1) is 25.6. The third kappa shape index (κ3) is 6.33. The summed E-state index contributed by atoms with van der Waals surface area (Å²) < 4.78 is 28.4. The van der Waals surface area contributed by atoms with Gasteiger partial charge in [0.05, 0.1) is 15.9 Å². The molecule has 1 saturated heterocycles. The molecule has 0 radical (unpaired) electrons. The molecule has 0 bridgehead atoms. The number of hydrogen-bond donors (Lipinski definition) is 1. The molecule has 1 amide bonds. The number of aromatic nitrogens is 2. The summed E-state index contributed by atoms with van der Waals surface area (Å²) in [5.41, 5.74) is 1.58. The lowest BCUT2D eigenvalue weighted by molar-refractivity contribution is -0.122. The van der Waals surface area contributed by atoms with E-state index < -0.39 is 10.0 Å². The molecule has 0 unspecified atom stereocenters. The smallest absolute Gasteiger partial charge is 0.242 e. The molecular formula is C24H39N5O3S. The quantitative estimate of drug-likeness (QED) is 0.538. The Bertz CT molecular complexity index is 1040. The number of fused-ring (bicyclic) bond motifs is 1. The molecule has 1 fully saturated rings. The average molecular weight is 478 g/mol. The third-order valence-electron chi connectivity index (χ3n) is 6.38. The molecule has 1 aromatic carbocycles. The van der Waals surface area contributed by atoms with E-state index in [1.54, 1.807) is 12.1 Å². The van der Waals surface area contributed by atoms with Gasteiger partial charge in [-0.1, -0.05) is 20.3 Å². The number of aryl methyl sites for hydroxylation is 2. The molecule has 2 aromatic rings. The van der Waals surface area contributed by atoms with Gasteiger partial charge >= 0.3 is 0 Å². The number of benzene rings is 1. The first-order valence-corrected chi connectivity index (χ1v) is 13.6. The van der Waals surface area contributed by atoms with E-state index in [4.69, 9.17) is 4.98 Å². The summed E-state index contributed by atoms with van der Waals surface area (Å²) in [6, 6.07) is 5.37. The van der Waals surface area contributed by atoms with Crippen LogP contribution in [0.5, 0.6) is 0 Å². The van der Waals surface area contributed by atoms with Crippen LogP contribution in [0.4, 0.5) is 0 Å². The number of imidazole rings is 1. The normalized spacial score (nSPS) is 16.0. The number of hydrogen-bond acceptors (Lipinski definition) is 5. The number of carbonyl (C=O) groups is 1. The van der Waals surface area contributed by atoms with Gasteiger partial charge in [-0.3, -0.25) is 4.79 Å². The highest BCUT2D eigenvalue weighted by Crippen LogP contribution is 2.23. The molecule has 1 aliphatic heterocycles. The summed E-state index contributed by atoms with van der Waals surface area (Å²) >= 11 is 0. The van der Waals surface area contributed by atoms with Gasteiger partial charge in [-0.05, 0) is 50.4 Å². The van der Waals surface area contributed by atoms with Crippen LogP contribution in [0.2, 0.25) is 0 Å². The molecule has 1 aliphatic rings. The van der Waals surface area contributed by atoms with E-state index in [-0.39, 0.29) is 16.8 Å². The average Bonchev–Trinajstić information content (AvgIpc) is 3.14. The van der Waals surface area contributed by atoms with E-state index in [1.165, 1.54) is 24.8 Å². The highest BCUT2D eigenvalue weighted by molar-refractivity contribution is 7.89. The lowest BCUT2D eigenvalue weighted by Gasteiger charge is -2.32. The second-order valence-corrected chi connectivity index (χ2v) is 11.3. The number of rotatable bonds is 11. The van der Waals surface area contributed by atoms with E-state index in [0.29, 0.717) is 18.4 Å². The van der Waals surface area contributed by atoms with Crippen molar-refractivity contribution in [1.82, 2.24) is 24.1 Å². The number of unbranched alkanes of at least 4 members (excludes halogenated alkanes) is 1. The summed E-state index contributed by atoms with van der Waals surface area (Å²) in [5.74, 6) is 0.902. The third-order valence-corrected chi connectivity index (χ3v) is 8.19. The van der Waals surface area contributed by atoms with Gasteiger partial charge < -0.3 is 14.8 Å². The van der Waals surface area contributed by atoms with Gasteiger partial charge in [0.25, 0.3) is 0 Å². The van der Waals surface area contributed by atoms with Crippen molar-refractivity contribution in [3.8, 4) is 0 Å². The second-order valence-electron chi connectivity index (χ2n) is 9.15. The molecule has 2 heterocycles. The van der Waals surface area contributed by atoms with Crippen LogP contribution in [0.25, 0.3) is 11.0 Å². The van der Waals surface area contributed by atoms with Gasteiger partial charge in [-0.15, -0.1) is 0 Å². The minimum atomic E-state index is -3.52. The Hall–Kier alpha value is -1.97. The molecule has 1 N–H and O–H groups in total. The Morgan fingerprint density at radius 1 is 1.15 bits per heavy atom. The maximum atomic E-state index is 12.6. The highest BCUT2D eigenvalue weighted by atomic mass is 32.2. The fourth-order valence-corrected chi connectivity index (χ4v) is 5.35. The summed E-state index contributed by atoms with van der Waals surface area (Å²) in [6.45, 7) is 8.36. The Labute approximate surface area is 198 Å². The van der Waals surface area contributed by atoms with Crippen molar-refractivity contribution in [3.63, 3.8) is 0 Å². The Morgan fingerprint density at radius 2 is 1.88 bits per heavy atom. The van der Waals surface area contributed by atoms with Gasteiger partial charge in [-0.2, -0.15) is 0 Å². The van der Waals surface area contributed by atoms with Gasteiger partial charge in [0, 0.05) is 52.6 Å². The van der Waals surface area contributed by atoms with Crippen LogP contribution in [0.1, 0.15) is 58.2 Å². The Balaban J connectivity index is 1.70. The van der Waals surface area contributed by atoms with Gasteiger partial charge in [0.2, 0.25) is 15.9 Å². The molecule has 9 heteroatoms. The van der Waals surface area contributed by atoms with Gasteiger partial charge in [0.15, 0.2) is 0 Å². The molecule has 0 spiro atoms. The summed E-state index contributed by atoms with van der Waals surface area (Å²) in [5, 5.41) is 3.20. The molecule has 0 saturated carbocycles. The number of amides is 1. The van der Waals surface area contributed by atoms with Gasteiger partial charge in [-0.25, -0.2) is 17.7 Å². The zero-order chi connectivity index (χ0) is 24.0. The van der Waals surface area contributed by atoms with Crippen LogP contribution in [0.3, 0.4) is 0 Å². The lowest BCUT2D eigenvalue weighted by atomic mass is 10.0. The zero-order valence-electron chi connectivity index (χ0n) is 20.5. The monoisotopic (exact) mass is 477 g/mol. The maximum Gasteiger partial charge on any atom is 0.242 e. The standard InChI is InChI=1S/C24H39N5O3S/c1-5-7-15-29-22-9-8-20(33(31,32)27(3)4)18-21(22)26-23(29)10-11-24(30)25-19-12-16-28(14-6-2)17-13-19/h8-9,18-19H,5-7,10-17H2,1-4H3,(H,25,30). The number of nitrogens with zero attached hydrogens (tertiary/aromatic N) is 4. The number of carbonyl (C=O) groups excluding carboxylic acids is 1. The predicted molar refractivity (Wildman–Crippen MR) is 132 cm³/mol. The molecule has 184 valence electrons. The van der Waals surface area contributed by atoms with Crippen molar-refractivity contribution in [2.24, 2.45) is 0 Å². The summed E-state index contributed by atoms with van der Waals surface area (Å²) in [7, 11) is -0.473. The van der Waals surface area contributed by atoms with E-state index in [9.17, 15) is 13.2 Å². The van der Waals surface area contributed by atoms with Crippen LogP contribution >= 0.6 is 0 Å².